The van der Waals surface area contributed by atoms with E-state index in [2.05, 4.69) is 20.2 Å². The van der Waals surface area contributed by atoms with Crippen LogP contribution >= 0.6 is 11.3 Å². The molecule has 3 aromatic rings. The van der Waals surface area contributed by atoms with E-state index < -0.39 is 10.0 Å². The molecule has 0 aliphatic heterocycles. The van der Waals surface area contributed by atoms with Crippen LogP contribution in [0.3, 0.4) is 0 Å². The van der Waals surface area contributed by atoms with Crippen molar-refractivity contribution >= 4 is 38.1 Å². The Labute approximate surface area is 167 Å². The molecule has 2 heterocycles. The molecule has 8 nitrogen and oxygen atoms in total. The summed E-state index contributed by atoms with van der Waals surface area (Å²) in [6, 6.07) is 6.87. The summed E-state index contributed by atoms with van der Waals surface area (Å²) in [5, 5.41) is 9.03. The van der Waals surface area contributed by atoms with E-state index in [0.29, 0.717) is 29.4 Å². The number of benzene rings is 1. The number of aryl methyl sites for hydroxylation is 2. The highest BCUT2D eigenvalue weighted by atomic mass is 32.2. The van der Waals surface area contributed by atoms with Crippen LogP contribution in [0, 0.1) is 13.8 Å². The largest absolute Gasteiger partial charge is 0.361 e. The SMILES string of the molecule is Cc1noc(C)c1CCC(=O)Nc1nc(-c2ccc(NS(C)(=O)=O)cc2)cs1. The van der Waals surface area contributed by atoms with Crippen molar-refractivity contribution in [2.75, 3.05) is 16.3 Å². The molecule has 0 atom stereocenters. The van der Waals surface area contributed by atoms with Crippen LogP contribution in [0.4, 0.5) is 10.8 Å². The standard InChI is InChI=1S/C18H20N4O4S2/c1-11-15(12(2)26-21-11)8-9-17(23)20-18-19-16(10-27-18)13-4-6-14(7-5-13)22-28(3,24)25/h4-7,10,22H,8-9H2,1-3H3,(H,19,20,23). The van der Waals surface area contributed by atoms with E-state index in [1.807, 2.05) is 19.2 Å². The molecule has 0 spiro atoms. The average molecular weight is 421 g/mol. The number of hydrogen-bond donors (Lipinski definition) is 2. The fourth-order valence-corrected chi connectivity index (χ4v) is 3.97. The van der Waals surface area contributed by atoms with Gasteiger partial charge in [0.1, 0.15) is 5.76 Å². The van der Waals surface area contributed by atoms with Gasteiger partial charge in [-0.15, -0.1) is 11.3 Å². The first-order chi connectivity index (χ1) is 13.2. The number of thiazole rings is 1. The number of carbonyl (C=O) groups is 1. The Hall–Kier alpha value is -2.72. The Balaban J connectivity index is 1.60. The second kappa shape index (κ2) is 8.11. The Morgan fingerprint density at radius 2 is 1.93 bits per heavy atom. The smallest absolute Gasteiger partial charge is 0.229 e. The minimum absolute atomic E-state index is 0.131. The minimum Gasteiger partial charge on any atom is -0.361 e. The van der Waals surface area contributed by atoms with Gasteiger partial charge in [-0.05, 0) is 32.4 Å². The van der Waals surface area contributed by atoms with Crippen LogP contribution in [0.5, 0.6) is 0 Å². The maximum absolute atomic E-state index is 12.2. The fourth-order valence-electron chi connectivity index (χ4n) is 2.67. The molecular weight excluding hydrogens is 400 g/mol. The number of anilines is 2. The normalized spacial score (nSPS) is 11.4. The topological polar surface area (TPSA) is 114 Å². The third-order valence-electron chi connectivity index (χ3n) is 4.02. The predicted molar refractivity (Wildman–Crippen MR) is 109 cm³/mol. The van der Waals surface area contributed by atoms with Crippen molar-refractivity contribution in [3.8, 4) is 11.3 Å². The number of rotatable bonds is 7. The summed E-state index contributed by atoms with van der Waals surface area (Å²) < 4.78 is 30.0. The van der Waals surface area contributed by atoms with E-state index in [-0.39, 0.29) is 5.91 Å². The zero-order chi connectivity index (χ0) is 20.3. The van der Waals surface area contributed by atoms with Crippen LogP contribution in [-0.4, -0.2) is 30.7 Å². The van der Waals surface area contributed by atoms with Gasteiger partial charge in [-0.3, -0.25) is 9.52 Å². The lowest BCUT2D eigenvalue weighted by molar-refractivity contribution is -0.116. The van der Waals surface area contributed by atoms with Gasteiger partial charge < -0.3 is 9.84 Å². The molecule has 2 aromatic heterocycles. The van der Waals surface area contributed by atoms with Gasteiger partial charge in [0.2, 0.25) is 15.9 Å². The highest BCUT2D eigenvalue weighted by Crippen LogP contribution is 2.26. The number of carbonyl (C=O) groups excluding carboxylic acids is 1. The zero-order valence-electron chi connectivity index (χ0n) is 15.6. The van der Waals surface area contributed by atoms with Crippen LogP contribution in [0.1, 0.15) is 23.4 Å². The van der Waals surface area contributed by atoms with Gasteiger partial charge in [0, 0.05) is 28.6 Å². The first-order valence-corrected chi connectivity index (χ1v) is 11.2. The lowest BCUT2D eigenvalue weighted by Crippen LogP contribution is -2.12. The van der Waals surface area contributed by atoms with Crippen LogP contribution in [0.2, 0.25) is 0 Å². The lowest BCUT2D eigenvalue weighted by atomic mass is 10.1. The van der Waals surface area contributed by atoms with Crippen LogP contribution in [0.15, 0.2) is 34.2 Å². The molecule has 1 amide bonds. The third-order valence-corrected chi connectivity index (χ3v) is 5.38. The van der Waals surface area contributed by atoms with Crippen molar-refractivity contribution in [3.05, 3.63) is 46.7 Å². The van der Waals surface area contributed by atoms with Gasteiger partial charge in [0.25, 0.3) is 0 Å². The second-order valence-corrected chi connectivity index (χ2v) is 8.95. The average Bonchev–Trinajstić information content (AvgIpc) is 3.19. The molecular formula is C18H20N4O4S2. The zero-order valence-corrected chi connectivity index (χ0v) is 17.3. The molecule has 0 aliphatic carbocycles. The summed E-state index contributed by atoms with van der Waals surface area (Å²) in [7, 11) is -3.31. The molecule has 0 saturated carbocycles. The molecule has 0 radical (unpaired) electrons. The molecule has 3 rings (SSSR count). The lowest BCUT2D eigenvalue weighted by Gasteiger charge is -2.04. The molecule has 1 aromatic carbocycles. The molecule has 0 saturated heterocycles. The van der Waals surface area contributed by atoms with Crippen molar-refractivity contribution in [2.45, 2.75) is 26.7 Å². The van der Waals surface area contributed by atoms with E-state index in [1.165, 1.54) is 11.3 Å². The van der Waals surface area contributed by atoms with E-state index in [4.69, 9.17) is 4.52 Å². The number of aromatic nitrogens is 2. The summed E-state index contributed by atoms with van der Waals surface area (Å²) >= 11 is 1.33. The van der Waals surface area contributed by atoms with Gasteiger partial charge in [0.05, 0.1) is 17.6 Å². The van der Waals surface area contributed by atoms with Crippen molar-refractivity contribution in [1.29, 1.82) is 0 Å². The maximum atomic E-state index is 12.2. The summed E-state index contributed by atoms with van der Waals surface area (Å²) in [4.78, 5) is 16.6. The quantitative estimate of drug-likeness (QED) is 0.606. The predicted octanol–water partition coefficient (Wildman–Crippen LogP) is 3.36. The highest BCUT2D eigenvalue weighted by Gasteiger charge is 2.13. The Morgan fingerprint density at radius 3 is 2.54 bits per heavy atom. The summed E-state index contributed by atoms with van der Waals surface area (Å²) in [6.45, 7) is 3.69. The van der Waals surface area contributed by atoms with E-state index >= 15 is 0 Å². The van der Waals surface area contributed by atoms with Crippen LogP contribution < -0.4 is 10.0 Å². The van der Waals surface area contributed by atoms with Crippen molar-refractivity contribution < 1.29 is 17.7 Å². The summed E-state index contributed by atoms with van der Waals surface area (Å²) in [6.07, 6.45) is 1.96. The fraction of sp³-hybridized carbons (Fsp3) is 0.278. The Kier molecular flexibility index (Phi) is 5.80. The number of amides is 1. The number of nitrogens with one attached hydrogen (secondary N) is 2. The molecule has 2 N–H and O–H groups in total. The van der Waals surface area contributed by atoms with Gasteiger partial charge in [0.15, 0.2) is 5.13 Å². The van der Waals surface area contributed by atoms with E-state index in [0.717, 1.165) is 28.8 Å². The molecule has 0 fully saturated rings. The first-order valence-electron chi connectivity index (χ1n) is 8.46. The van der Waals surface area contributed by atoms with Gasteiger partial charge in [-0.1, -0.05) is 17.3 Å². The molecule has 0 bridgehead atoms. The maximum Gasteiger partial charge on any atom is 0.229 e. The molecule has 148 valence electrons. The number of sulfonamides is 1. The molecule has 0 unspecified atom stereocenters. The van der Waals surface area contributed by atoms with Crippen LogP contribution in [0.25, 0.3) is 11.3 Å². The van der Waals surface area contributed by atoms with Gasteiger partial charge in [-0.2, -0.15) is 0 Å². The van der Waals surface area contributed by atoms with Crippen molar-refractivity contribution in [3.63, 3.8) is 0 Å². The number of nitrogens with zero attached hydrogens (tertiary/aromatic N) is 2. The van der Waals surface area contributed by atoms with Crippen LogP contribution in [-0.2, 0) is 21.2 Å². The highest BCUT2D eigenvalue weighted by molar-refractivity contribution is 7.92. The second-order valence-electron chi connectivity index (χ2n) is 6.34. The third kappa shape index (κ3) is 5.17. The van der Waals surface area contributed by atoms with Crippen molar-refractivity contribution in [2.24, 2.45) is 0 Å². The van der Waals surface area contributed by atoms with Gasteiger partial charge >= 0.3 is 0 Å². The molecule has 28 heavy (non-hydrogen) atoms. The van der Waals surface area contributed by atoms with E-state index in [1.54, 1.807) is 24.3 Å². The minimum atomic E-state index is -3.31. The Morgan fingerprint density at radius 1 is 1.21 bits per heavy atom. The monoisotopic (exact) mass is 420 g/mol. The van der Waals surface area contributed by atoms with Crippen molar-refractivity contribution in [1.82, 2.24) is 10.1 Å². The van der Waals surface area contributed by atoms with Gasteiger partial charge in [-0.25, -0.2) is 13.4 Å². The molecule has 10 heteroatoms. The summed E-state index contributed by atoms with van der Waals surface area (Å²) in [5.74, 6) is 0.601. The summed E-state index contributed by atoms with van der Waals surface area (Å²) in [5.41, 5.74) is 3.77. The first kappa shape index (κ1) is 20.0. The molecule has 0 aliphatic rings. The Bertz CT molecular complexity index is 1070. The number of hydrogen-bond acceptors (Lipinski definition) is 7. The van der Waals surface area contributed by atoms with E-state index in [9.17, 15) is 13.2 Å².